The van der Waals surface area contributed by atoms with Crippen molar-refractivity contribution in [2.75, 3.05) is 19.7 Å². The van der Waals surface area contributed by atoms with Gasteiger partial charge in [0.1, 0.15) is 5.75 Å². The van der Waals surface area contributed by atoms with Crippen LogP contribution in [-0.2, 0) is 0 Å². The molecule has 1 fully saturated rings. The van der Waals surface area contributed by atoms with Gasteiger partial charge >= 0.3 is 0 Å². The fraction of sp³-hybridized carbons (Fsp3) is 0.368. The van der Waals surface area contributed by atoms with Crippen molar-refractivity contribution >= 4 is 0 Å². The fourth-order valence-electron chi connectivity index (χ4n) is 2.99. The van der Waals surface area contributed by atoms with Gasteiger partial charge in [-0.3, -0.25) is 0 Å². The van der Waals surface area contributed by atoms with Crippen molar-refractivity contribution in [3.63, 3.8) is 0 Å². The third kappa shape index (κ3) is 3.27. The lowest BCUT2D eigenvalue weighted by molar-refractivity contribution is 0.317. The number of hydrogen-bond donors (Lipinski definition) is 1. The van der Waals surface area contributed by atoms with Gasteiger partial charge in [-0.2, -0.15) is 0 Å². The largest absolute Gasteiger partial charge is 0.494 e. The van der Waals surface area contributed by atoms with E-state index in [1.807, 2.05) is 0 Å². The molecule has 0 saturated carbocycles. The second kappa shape index (κ2) is 6.77. The maximum atomic E-state index is 5.67. The minimum atomic E-state index is 0.636. The average Bonchev–Trinajstić information content (AvgIpc) is 3.08. The molecule has 2 aromatic carbocycles. The van der Waals surface area contributed by atoms with E-state index in [1.165, 1.54) is 23.1 Å². The molecule has 0 aliphatic carbocycles. The summed E-state index contributed by atoms with van der Waals surface area (Å²) in [5.41, 5.74) is 4.10. The second-order valence-corrected chi connectivity index (χ2v) is 5.65. The Hall–Kier alpha value is -1.80. The van der Waals surface area contributed by atoms with Gasteiger partial charge in [0.15, 0.2) is 0 Å². The topological polar surface area (TPSA) is 21.3 Å². The highest BCUT2D eigenvalue weighted by atomic mass is 16.5. The molecule has 1 saturated heterocycles. The van der Waals surface area contributed by atoms with Gasteiger partial charge in [0, 0.05) is 6.54 Å². The number of ether oxygens (including phenoxy) is 1. The van der Waals surface area contributed by atoms with Crippen LogP contribution in [0.25, 0.3) is 11.1 Å². The van der Waals surface area contributed by atoms with Gasteiger partial charge in [-0.05, 0) is 54.1 Å². The van der Waals surface area contributed by atoms with Crippen LogP contribution in [0.15, 0.2) is 48.5 Å². The minimum Gasteiger partial charge on any atom is -0.494 e. The van der Waals surface area contributed by atoms with Gasteiger partial charge < -0.3 is 10.1 Å². The molecule has 0 bridgehead atoms. The monoisotopic (exact) mass is 281 g/mol. The van der Waals surface area contributed by atoms with Gasteiger partial charge in [0.25, 0.3) is 0 Å². The highest BCUT2D eigenvalue weighted by Gasteiger charge is 2.19. The van der Waals surface area contributed by atoms with Crippen molar-refractivity contribution in [2.24, 2.45) is 0 Å². The lowest BCUT2D eigenvalue weighted by atomic mass is 9.90. The lowest BCUT2D eigenvalue weighted by Crippen LogP contribution is -2.08. The molecular weight excluding hydrogens is 258 g/mol. The Bertz CT molecular complexity index is 570. The molecular formula is C19H23NO. The summed E-state index contributed by atoms with van der Waals surface area (Å²) in [5, 5.41) is 3.46. The molecule has 1 heterocycles. The molecule has 1 N–H and O–H groups in total. The molecule has 2 heteroatoms. The van der Waals surface area contributed by atoms with Gasteiger partial charge in [-0.25, -0.2) is 0 Å². The molecule has 3 rings (SSSR count). The zero-order chi connectivity index (χ0) is 14.5. The maximum absolute atomic E-state index is 5.67. The predicted octanol–water partition coefficient (Wildman–Crippen LogP) is 4.22. The summed E-state index contributed by atoms with van der Waals surface area (Å²) in [6.07, 6.45) is 2.27. The highest BCUT2D eigenvalue weighted by Crippen LogP contribution is 2.33. The Kier molecular flexibility index (Phi) is 4.56. The minimum absolute atomic E-state index is 0.636. The van der Waals surface area contributed by atoms with E-state index in [2.05, 4.69) is 60.8 Å². The van der Waals surface area contributed by atoms with Crippen molar-refractivity contribution in [3.8, 4) is 16.9 Å². The molecule has 0 aromatic heterocycles. The molecule has 1 unspecified atom stereocenters. The van der Waals surface area contributed by atoms with Crippen molar-refractivity contribution in [1.82, 2.24) is 5.32 Å². The summed E-state index contributed by atoms with van der Waals surface area (Å²) in [7, 11) is 0. The SMILES string of the molecule is CCCOc1ccc(-c2ccccc2C2CCNC2)cc1. The summed E-state index contributed by atoms with van der Waals surface area (Å²) in [5.74, 6) is 1.60. The molecule has 0 amide bonds. The van der Waals surface area contributed by atoms with Crippen molar-refractivity contribution in [3.05, 3.63) is 54.1 Å². The van der Waals surface area contributed by atoms with Crippen LogP contribution in [-0.4, -0.2) is 19.7 Å². The van der Waals surface area contributed by atoms with Crippen molar-refractivity contribution in [2.45, 2.75) is 25.7 Å². The Morgan fingerprint density at radius 1 is 1.10 bits per heavy atom. The van der Waals surface area contributed by atoms with Crippen molar-refractivity contribution in [1.29, 1.82) is 0 Å². The van der Waals surface area contributed by atoms with Gasteiger partial charge in [0.2, 0.25) is 0 Å². The Balaban J connectivity index is 1.86. The van der Waals surface area contributed by atoms with E-state index < -0.39 is 0 Å². The summed E-state index contributed by atoms with van der Waals surface area (Å²) in [6, 6.07) is 17.3. The number of nitrogens with one attached hydrogen (secondary N) is 1. The normalized spacial score (nSPS) is 17.9. The van der Waals surface area contributed by atoms with Gasteiger partial charge in [-0.1, -0.05) is 43.3 Å². The number of hydrogen-bond acceptors (Lipinski definition) is 2. The number of benzene rings is 2. The summed E-state index contributed by atoms with van der Waals surface area (Å²) in [4.78, 5) is 0. The molecule has 1 atom stereocenters. The predicted molar refractivity (Wildman–Crippen MR) is 87.9 cm³/mol. The van der Waals surface area contributed by atoms with Crippen LogP contribution in [0.4, 0.5) is 0 Å². The van der Waals surface area contributed by atoms with E-state index in [9.17, 15) is 0 Å². The first kappa shape index (κ1) is 14.2. The summed E-state index contributed by atoms with van der Waals surface area (Å²) in [6.45, 7) is 5.13. The third-order valence-corrected chi connectivity index (χ3v) is 4.10. The van der Waals surface area contributed by atoms with Crippen LogP contribution in [0.1, 0.15) is 31.2 Å². The number of rotatable bonds is 5. The van der Waals surface area contributed by atoms with Gasteiger partial charge in [0.05, 0.1) is 6.61 Å². The quantitative estimate of drug-likeness (QED) is 0.886. The fourth-order valence-corrected chi connectivity index (χ4v) is 2.99. The van der Waals surface area contributed by atoms with E-state index in [4.69, 9.17) is 4.74 Å². The molecule has 0 radical (unpaired) electrons. The van der Waals surface area contributed by atoms with Crippen LogP contribution in [0.3, 0.4) is 0 Å². The first-order valence-electron chi connectivity index (χ1n) is 7.91. The zero-order valence-electron chi connectivity index (χ0n) is 12.6. The smallest absolute Gasteiger partial charge is 0.119 e. The first-order chi connectivity index (χ1) is 10.4. The van der Waals surface area contributed by atoms with E-state index in [1.54, 1.807) is 0 Å². The van der Waals surface area contributed by atoms with Crippen LogP contribution in [0.2, 0.25) is 0 Å². The summed E-state index contributed by atoms with van der Waals surface area (Å²) >= 11 is 0. The van der Waals surface area contributed by atoms with E-state index in [0.29, 0.717) is 5.92 Å². The van der Waals surface area contributed by atoms with Crippen molar-refractivity contribution < 1.29 is 4.74 Å². The van der Waals surface area contributed by atoms with Crippen LogP contribution < -0.4 is 10.1 Å². The van der Waals surface area contributed by atoms with Crippen LogP contribution in [0.5, 0.6) is 5.75 Å². The molecule has 2 nitrogen and oxygen atoms in total. The average molecular weight is 281 g/mol. The van der Waals surface area contributed by atoms with E-state index >= 15 is 0 Å². The zero-order valence-corrected chi connectivity index (χ0v) is 12.6. The molecule has 1 aliphatic heterocycles. The summed E-state index contributed by atoms with van der Waals surface area (Å²) < 4.78 is 5.67. The third-order valence-electron chi connectivity index (χ3n) is 4.10. The second-order valence-electron chi connectivity index (χ2n) is 5.65. The lowest BCUT2D eigenvalue weighted by Gasteiger charge is -2.15. The molecule has 0 spiro atoms. The highest BCUT2D eigenvalue weighted by molar-refractivity contribution is 5.68. The standard InChI is InChI=1S/C19H23NO/c1-2-13-21-17-9-7-15(8-10-17)18-5-3-4-6-19(18)16-11-12-20-14-16/h3-10,16,20H,2,11-14H2,1H3. The van der Waals surface area contributed by atoms with E-state index in [-0.39, 0.29) is 0 Å². The van der Waals surface area contributed by atoms with Crippen LogP contribution >= 0.6 is 0 Å². The van der Waals surface area contributed by atoms with Gasteiger partial charge in [-0.15, -0.1) is 0 Å². The first-order valence-corrected chi connectivity index (χ1v) is 7.91. The van der Waals surface area contributed by atoms with E-state index in [0.717, 1.165) is 31.9 Å². The Labute approximate surface area is 127 Å². The molecule has 110 valence electrons. The Morgan fingerprint density at radius 2 is 1.90 bits per heavy atom. The Morgan fingerprint density at radius 3 is 2.62 bits per heavy atom. The molecule has 21 heavy (non-hydrogen) atoms. The van der Waals surface area contributed by atoms with Crippen LogP contribution in [0, 0.1) is 0 Å². The maximum Gasteiger partial charge on any atom is 0.119 e. The molecule has 1 aliphatic rings. The molecule has 2 aromatic rings.